The first-order valence-electron chi connectivity index (χ1n) is 6.94. The zero-order chi connectivity index (χ0) is 14.1. The molecule has 1 heterocycles. The molecular formula is C16H28N2. The monoisotopic (exact) mass is 248 g/mol. The van der Waals surface area contributed by atoms with Crippen LogP contribution in [0.4, 0.5) is 0 Å². The molecule has 0 aliphatic carbocycles. The number of benzene rings is 1. The van der Waals surface area contributed by atoms with E-state index < -0.39 is 0 Å². The molecule has 0 bridgehead atoms. The molecule has 0 aliphatic heterocycles. The fraction of sp³-hybridized carbons (Fsp3) is 0.562. The Bertz CT molecular complexity index is 392. The van der Waals surface area contributed by atoms with Crippen molar-refractivity contribution in [2.24, 2.45) is 5.92 Å². The first kappa shape index (κ1) is 16.7. The summed E-state index contributed by atoms with van der Waals surface area (Å²) < 4.78 is 1.99. The van der Waals surface area contributed by atoms with Gasteiger partial charge in [0.25, 0.3) is 0 Å². The van der Waals surface area contributed by atoms with Crippen molar-refractivity contribution in [1.82, 2.24) is 9.78 Å². The summed E-state index contributed by atoms with van der Waals surface area (Å²) in [5.41, 5.74) is 1.08. The largest absolute Gasteiger partial charge is 0.269 e. The van der Waals surface area contributed by atoms with Crippen LogP contribution < -0.4 is 0 Å². The zero-order valence-electron chi connectivity index (χ0n) is 12.9. The van der Waals surface area contributed by atoms with Gasteiger partial charge in [0.2, 0.25) is 0 Å². The summed E-state index contributed by atoms with van der Waals surface area (Å²) in [7, 11) is 0. The van der Waals surface area contributed by atoms with Crippen LogP contribution in [-0.4, -0.2) is 9.78 Å². The Labute approximate surface area is 112 Å². The predicted octanol–water partition coefficient (Wildman–Crippen LogP) is 5.31. The van der Waals surface area contributed by atoms with E-state index in [1.165, 1.54) is 5.39 Å². The second-order valence-corrected chi connectivity index (χ2v) is 4.99. The molecule has 0 spiro atoms. The minimum Gasteiger partial charge on any atom is -0.269 e. The van der Waals surface area contributed by atoms with Crippen molar-refractivity contribution in [3.8, 4) is 0 Å². The van der Waals surface area contributed by atoms with Gasteiger partial charge in [0.1, 0.15) is 0 Å². The molecule has 1 aromatic heterocycles. The van der Waals surface area contributed by atoms with Gasteiger partial charge < -0.3 is 0 Å². The van der Waals surface area contributed by atoms with Gasteiger partial charge in [-0.25, -0.2) is 0 Å². The van der Waals surface area contributed by atoms with E-state index in [4.69, 9.17) is 0 Å². The average Bonchev–Trinajstić information content (AvgIpc) is 2.74. The number of nitrogens with zero attached hydrogens (tertiary/aromatic N) is 2. The van der Waals surface area contributed by atoms with Gasteiger partial charge in [-0.15, -0.1) is 0 Å². The highest BCUT2D eigenvalue weighted by Crippen LogP contribution is 2.13. The third-order valence-electron chi connectivity index (χ3n) is 1.96. The summed E-state index contributed by atoms with van der Waals surface area (Å²) in [6.45, 7) is 14.8. The van der Waals surface area contributed by atoms with Gasteiger partial charge in [-0.1, -0.05) is 52.8 Å². The Morgan fingerprint density at radius 1 is 0.944 bits per heavy atom. The van der Waals surface area contributed by atoms with Crippen molar-refractivity contribution in [3.05, 3.63) is 30.5 Å². The number of hydrogen-bond acceptors (Lipinski definition) is 1. The molecule has 2 nitrogen and oxygen atoms in total. The van der Waals surface area contributed by atoms with Crippen molar-refractivity contribution < 1.29 is 0 Å². The van der Waals surface area contributed by atoms with Crippen molar-refractivity contribution in [2.45, 2.75) is 54.5 Å². The number of fused-ring (bicyclic) bond motifs is 1. The predicted molar refractivity (Wildman–Crippen MR) is 82.0 cm³/mol. The topological polar surface area (TPSA) is 17.8 Å². The average molecular weight is 248 g/mol. The molecule has 102 valence electrons. The van der Waals surface area contributed by atoms with Gasteiger partial charge in [-0.2, -0.15) is 5.10 Å². The second kappa shape index (κ2) is 8.73. The summed E-state index contributed by atoms with van der Waals surface area (Å²) in [6, 6.07) is 8.61. The molecule has 0 saturated carbocycles. The van der Waals surface area contributed by atoms with E-state index in [1.807, 2.05) is 36.7 Å². The van der Waals surface area contributed by atoms with Crippen molar-refractivity contribution in [1.29, 1.82) is 0 Å². The van der Waals surface area contributed by atoms with Crippen molar-refractivity contribution in [2.75, 3.05) is 0 Å². The summed E-state index contributed by atoms with van der Waals surface area (Å²) >= 11 is 0. The van der Waals surface area contributed by atoms with Crippen LogP contribution in [0.25, 0.3) is 10.9 Å². The fourth-order valence-corrected chi connectivity index (χ4v) is 1.25. The van der Waals surface area contributed by atoms with Gasteiger partial charge >= 0.3 is 0 Å². The van der Waals surface area contributed by atoms with E-state index in [1.54, 1.807) is 0 Å². The molecule has 0 unspecified atom stereocenters. The zero-order valence-corrected chi connectivity index (χ0v) is 12.9. The Balaban J connectivity index is 0.000000415. The molecule has 0 saturated heterocycles. The van der Waals surface area contributed by atoms with E-state index in [0.717, 1.165) is 11.4 Å². The summed E-state index contributed by atoms with van der Waals surface area (Å²) in [4.78, 5) is 0. The third kappa shape index (κ3) is 5.85. The summed E-state index contributed by atoms with van der Waals surface area (Å²) in [5.74, 6) is 0.833. The minimum atomic E-state index is 0.442. The van der Waals surface area contributed by atoms with Crippen LogP contribution in [0, 0.1) is 5.92 Å². The van der Waals surface area contributed by atoms with Gasteiger partial charge in [0.15, 0.2) is 0 Å². The Kier molecular flexibility index (Phi) is 8.10. The fourth-order valence-electron chi connectivity index (χ4n) is 1.25. The van der Waals surface area contributed by atoms with Crippen LogP contribution in [0.3, 0.4) is 0 Å². The van der Waals surface area contributed by atoms with E-state index in [9.17, 15) is 0 Å². The SMILES string of the molecule is CC.CC(C)C.CC(C)n1cc2ccccc2n1. The van der Waals surface area contributed by atoms with Gasteiger partial charge in [0, 0.05) is 17.6 Å². The lowest BCUT2D eigenvalue weighted by molar-refractivity contribution is 0.537. The van der Waals surface area contributed by atoms with Crippen molar-refractivity contribution in [3.63, 3.8) is 0 Å². The molecular weight excluding hydrogens is 220 g/mol. The normalized spacial score (nSPS) is 9.83. The van der Waals surface area contributed by atoms with E-state index in [0.29, 0.717) is 6.04 Å². The van der Waals surface area contributed by atoms with E-state index >= 15 is 0 Å². The highest BCUT2D eigenvalue weighted by molar-refractivity contribution is 5.77. The van der Waals surface area contributed by atoms with Crippen LogP contribution in [-0.2, 0) is 0 Å². The maximum absolute atomic E-state index is 4.43. The molecule has 2 aromatic rings. The summed E-state index contributed by atoms with van der Waals surface area (Å²) in [5, 5.41) is 5.64. The quantitative estimate of drug-likeness (QED) is 0.669. The van der Waals surface area contributed by atoms with Crippen LogP contribution in [0.2, 0.25) is 0 Å². The molecule has 0 fully saturated rings. The maximum atomic E-state index is 4.43. The highest BCUT2D eigenvalue weighted by Gasteiger charge is 2.00. The molecule has 0 atom stereocenters. The van der Waals surface area contributed by atoms with E-state index in [-0.39, 0.29) is 0 Å². The molecule has 0 amide bonds. The molecule has 0 N–H and O–H groups in total. The standard InChI is InChI=1S/C10H12N2.C4H10.C2H6/c1-8(2)12-7-9-5-3-4-6-10(9)11-12;1-4(2)3;1-2/h3-8H,1-2H3;4H,1-3H3;1-2H3. The second-order valence-electron chi connectivity index (χ2n) is 4.99. The molecule has 2 rings (SSSR count). The first-order valence-corrected chi connectivity index (χ1v) is 6.94. The summed E-state index contributed by atoms with van der Waals surface area (Å²) in [6.07, 6.45) is 2.08. The van der Waals surface area contributed by atoms with E-state index in [2.05, 4.69) is 52.0 Å². The third-order valence-corrected chi connectivity index (χ3v) is 1.96. The van der Waals surface area contributed by atoms with Crippen LogP contribution in [0.15, 0.2) is 30.5 Å². The highest BCUT2D eigenvalue weighted by atomic mass is 15.3. The Hall–Kier alpha value is -1.31. The van der Waals surface area contributed by atoms with Crippen LogP contribution in [0.5, 0.6) is 0 Å². The lowest BCUT2D eigenvalue weighted by Crippen LogP contribution is -1.99. The van der Waals surface area contributed by atoms with Gasteiger partial charge in [-0.3, -0.25) is 4.68 Å². The van der Waals surface area contributed by atoms with Gasteiger partial charge in [-0.05, 0) is 25.8 Å². The van der Waals surface area contributed by atoms with Crippen LogP contribution in [0.1, 0.15) is 54.5 Å². The van der Waals surface area contributed by atoms with Crippen LogP contribution >= 0.6 is 0 Å². The molecule has 0 radical (unpaired) electrons. The molecule has 18 heavy (non-hydrogen) atoms. The number of aromatic nitrogens is 2. The Morgan fingerprint density at radius 3 is 1.89 bits per heavy atom. The molecule has 2 heteroatoms. The minimum absolute atomic E-state index is 0.442. The molecule has 0 aliphatic rings. The lowest BCUT2D eigenvalue weighted by atomic mass is 10.3. The molecule has 1 aromatic carbocycles. The number of rotatable bonds is 1. The van der Waals surface area contributed by atoms with Crippen molar-refractivity contribution >= 4 is 10.9 Å². The lowest BCUT2D eigenvalue weighted by Gasteiger charge is -2.02. The number of hydrogen-bond donors (Lipinski definition) is 0. The maximum Gasteiger partial charge on any atom is 0.0923 e. The smallest absolute Gasteiger partial charge is 0.0923 e. The Morgan fingerprint density at radius 2 is 1.44 bits per heavy atom. The first-order chi connectivity index (χ1) is 8.50. The van der Waals surface area contributed by atoms with Gasteiger partial charge in [0.05, 0.1) is 5.52 Å².